The van der Waals surface area contributed by atoms with E-state index in [1.54, 1.807) is 14.8 Å². The van der Waals surface area contributed by atoms with Crippen LogP contribution in [0.3, 0.4) is 0 Å². The Balaban J connectivity index is 1.51. The van der Waals surface area contributed by atoms with E-state index < -0.39 is 0 Å². The summed E-state index contributed by atoms with van der Waals surface area (Å²) >= 11 is 0. The maximum atomic E-state index is 11.2. The summed E-state index contributed by atoms with van der Waals surface area (Å²) in [6, 6.07) is 39.8. The summed E-state index contributed by atoms with van der Waals surface area (Å²) in [5.74, 6) is -0.541. The van der Waals surface area contributed by atoms with Gasteiger partial charge in [-0.2, -0.15) is 0 Å². The zero-order valence-corrected chi connectivity index (χ0v) is 22.8. The molecular formula is C37H27BO3. The summed E-state index contributed by atoms with van der Waals surface area (Å²) < 4.78 is 0. The molecule has 7 rings (SSSR count). The summed E-state index contributed by atoms with van der Waals surface area (Å²) in [5, 5.41) is 39.1. The van der Waals surface area contributed by atoms with Gasteiger partial charge in [0.05, 0.1) is 0 Å². The molecule has 0 spiro atoms. The van der Waals surface area contributed by atoms with Gasteiger partial charge < -0.3 is 15.3 Å². The topological polar surface area (TPSA) is 60.7 Å². The molecule has 0 aromatic heterocycles. The van der Waals surface area contributed by atoms with Crippen molar-refractivity contribution >= 4 is 45.6 Å². The van der Waals surface area contributed by atoms with Gasteiger partial charge in [0.15, 0.2) is 11.5 Å². The van der Waals surface area contributed by atoms with Crippen molar-refractivity contribution < 1.29 is 15.3 Å². The predicted octanol–water partition coefficient (Wildman–Crippen LogP) is 7.83. The highest BCUT2D eigenvalue weighted by Gasteiger charge is 2.24. The van der Waals surface area contributed by atoms with Gasteiger partial charge in [-0.1, -0.05) is 115 Å². The van der Waals surface area contributed by atoms with Crippen LogP contribution in [-0.2, 0) is 0 Å². The van der Waals surface area contributed by atoms with E-state index in [1.807, 2.05) is 36.4 Å². The molecule has 0 atom stereocenters. The Hall–Kier alpha value is -5.22. The van der Waals surface area contributed by atoms with Gasteiger partial charge in [0, 0.05) is 16.7 Å². The fourth-order valence-corrected chi connectivity index (χ4v) is 6.29. The third-order valence-corrected chi connectivity index (χ3v) is 8.36. The molecule has 0 fully saturated rings. The molecule has 0 amide bonds. The smallest absolute Gasteiger partial charge is 0.165 e. The molecule has 196 valence electrons. The van der Waals surface area contributed by atoms with E-state index in [2.05, 4.69) is 78.9 Å². The van der Waals surface area contributed by atoms with Crippen molar-refractivity contribution in [2.45, 2.75) is 6.92 Å². The predicted molar refractivity (Wildman–Crippen MR) is 173 cm³/mol. The van der Waals surface area contributed by atoms with Crippen molar-refractivity contribution in [1.29, 1.82) is 0 Å². The lowest BCUT2D eigenvalue weighted by Gasteiger charge is -2.21. The first-order valence-electron chi connectivity index (χ1n) is 13.7. The summed E-state index contributed by atoms with van der Waals surface area (Å²) in [6.07, 6.45) is 0. The third-order valence-electron chi connectivity index (χ3n) is 8.36. The summed E-state index contributed by atoms with van der Waals surface area (Å²) in [4.78, 5) is 0. The molecule has 0 unspecified atom stereocenters. The number of benzene rings is 7. The number of hydrogen-bond acceptors (Lipinski definition) is 3. The Morgan fingerprint density at radius 2 is 0.927 bits per heavy atom. The molecule has 0 bridgehead atoms. The highest BCUT2D eigenvalue weighted by molar-refractivity contribution is 6.40. The van der Waals surface area contributed by atoms with Gasteiger partial charge in [0.25, 0.3) is 0 Å². The molecule has 7 aromatic rings. The zero-order chi connectivity index (χ0) is 28.2. The largest absolute Gasteiger partial charge is 0.508 e. The third kappa shape index (κ3) is 3.75. The van der Waals surface area contributed by atoms with Crippen LogP contribution in [-0.4, -0.2) is 23.2 Å². The number of aromatic hydroxyl groups is 3. The van der Waals surface area contributed by atoms with Crippen LogP contribution in [0.4, 0.5) is 0 Å². The van der Waals surface area contributed by atoms with Gasteiger partial charge in [-0.25, -0.2) is 0 Å². The SMILES string of the molecule is Bc1c(O)c(C)c(O)c(O)c1-c1c2ccccc2c(-c2ccc(-c3cccc4ccccc34)cc2)c2ccccc12. The maximum Gasteiger partial charge on any atom is 0.165 e. The van der Waals surface area contributed by atoms with E-state index in [4.69, 9.17) is 0 Å². The molecule has 41 heavy (non-hydrogen) atoms. The van der Waals surface area contributed by atoms with Gasteiger partial charge >= 0.3 is 0 Å². The van der Waals surface area contributed by atoms with Crippen LogP contribution in [0.5, 0.6) is 17.2 Å². The normalized spacial score (nSPS) is 11.4. The average molecular weight is 530 g/mol. The summed E-state index contributed by atoms with van der Waals surface area (Å²) in [5.41, 5.74) is 6.56. The first-order chi connectivity index (χ1) is 20.0. The Labute approximate surface area is 239 Å². The second-order valence-electron chi connectivity index (χ2n) is 10.6. The van der Waals surface area contributed by atoms with Crippen molar-refractivity contribution in [3.63, 3.8) is 0 Å². The molecule has 3 nitrogen and oxygen atoms in total. The first-order valence-corrected chi connectivity index (χ1v) is 13.7. The fourth-order valence-electron chi connectivity index (χ4n) is 6.29. The number of phenolic OH excluding ortho intramolecular Hbond substituents is 3. The average Bonchev–Trinajstić information content (AvgIpc) is 3.02. The van der Waals surface area contributed by atoms with Crippen LogP contribution >= 0.6 is 0 Å². The van der Waals surface area contributed by atoms with Gasteiger partial charge in [-0.05, 0) is 67.0 Å². The standard InChI is InChI=1S/C37H27BO3/c1-21-35(39)34(38)33(37(41)36(21)40)32-29-14-6-4-12-27(29)31(28-13-5-7-15-30(28)32)24-19-17-23(18-20-24)26-16-8-10-22-9-2-3-11-25(22)26/h2-20,39-41H,38H2,1H3. The van der Waals surface area contributed by atoms with Gasteiger partial charge in [-0.15, -0.1) is 0 Å². The van der Waals surface area contributed by atoms with Crippen LogP contribution in [0.2, 0.25) is 0 Å². The van der Waals surface area contributed by atoms with E-state index in [1.165, 1.54) is 16.3 Å². The lowest BCUT2D eigenvalue weighted by atomic mass is 9.79. The molecule has 3 N–H and O–H groups in total. The van der Waals surface area contributed by atoms with Crippen LogP contribution < -0.4 is 5.46 Å². The monoisotopic (exact) mass is 530 g/mol. The Morgan fingerprint density at radius 3 is 1.54 bits per heavy atom. The highest BCUT2D eigenvalue weighted by atomic mass is 16.3. The van der Waals surface area contributed by atoms with Gasteiger partial charge in [-0.3, -0.25) is 0 Å². The molecule has 0 aliphatic carbocycles. The minimum Gasteiger partial charge on any atom is -0.508 e. The minimum absolute atomic E-state index is 0.0171. The Kier molecular flexibility index (Phi) is 5.72. The van der Waals surface area contributed by atoms with E-state index in [9.17, 15) is 15.3 Å². The van der Waals surface area contributed by atoms with Gasteiger partial charge in [0.2, 0.25) is 0 Å². The quantitative estimate of drug-likeness (QED) is 0.0945. The summed E-state index contributed by atoms with van der Waals surface area (Å²) in [6.45, 7) is 1.60. The fraction of sp³-hybridized carbons (Fsp3) is 0.0270. The highest BCUT2D eigenvalue weighted by Crippen LogP contribution is 2.48. The van der Waals surface area contributed by atoms with E-state index in [0.29, 0.717) is 11.0 Å². The molecule has 0 aliphatic rings. The molecule has 0 saturated heterocycles. The zero-order valence-electron chi connectivity index (χ0n) is 22.8. The Bertz CT molecular complexity index is 2050. The van der Waals surface area contributed by atoms with Crippen LogP contribution in [0.15, 0.2) is 115 Å². The molecule has 7 aromatic carbocycles. The molecule has 0 radical (unpaired) electrons. The first kappa shape index (κ1) is 24.8. The molecular weight excluding hydrogens is 503 g/mol. The molecule has 0 aliphatic heterocycles. The van der Waals surface area contributed by atoms with Crippen molar-refractivity contribution in [1.82, 2.24) is 0 Å². The van der Waals surface area contributed by atoms with Crippen LogP contribution in [0, 0.1) is 6.92 Å². The van der Waals surface area contributed by atoms with E-state index in [-0.39, 0.29) is 22.8 Å². The number of fused-ring (bicyclic) bond motifs is 3. The minimum atomic E-state index is -0.302. The van der Waals surface area contributed by atoms with E-state index >= 15 is 0 Å². The van der Waals surface area contributed by atoms with Gasteiger partial charge in [0.1, 0.15) is 13.6 Å². The summed E-state index contributed by atoms with van der Waals surface area (Å²) in [7, 11) is 1.78. The number of phenols is 3. The lowest BCUT2D eigenvalue weighted by molar-refractivity contribution is 0.395. The molecule has 0 saturated carbocycles. The van der Waals surface area contributed by atoms with E-state index in [0.717, 1.165) is 43.8 Å². The molecule has 0 heterocycles. The second-order valence-corrected chi connectivity index (χ2v) is 10.6. The number of rotatable bonds is 3. The van der Waals surface area contributed by atoms with Crippen LogP contribution in [0.1, 0.15) is 5.56 Å². The number of hydrogen-bond donors (Lipinski definition) is 3. The van der Waals surface area contributed by atoms with Crippen molar-refractivity contribution in [2.75, 3.05) is 0 Å². The second kappa shape index (κ2) is 9.46. The van der Waals surface area contributed by atoms with Crippen molar-refractivity contribution in [2.24, 2.45) is 0 Å². The van der Waals surface area contributed by atoms with Crippen molar-refractivity contribution in [3.8, 4) is 50.6 Å². The van der Waals surface area contributed by atoms with Crippen molar-refractivity contribution in [3.05, 3.63) is 121 Å². The Morgan fingerprint density at radius 1 is 0.439 bits per heavy atom. The maximum absolute atomic E-state index is 11.2. The van der Waals surface area contributed by atoms with Crippen LogP contribution in [0.25, 0.3) is 65.7 Å². The molecule has 4 heteroatoms. The lowest BCUT2D eigenvalue weighted by Crippen LogP contribution is -2.10.